The normalized spacial score (nSPS) is 9.88. The summed E-state index contributed by atoms with van der Waals surface area (Å²) < 4.78 is 0.610. The van der Waals surface area contributed by atoms with Gasteiger partial charge < -0.3 is 4.90 Å². The smallest absolute Gasteiger partial charge is 0.231 e. The van der Waals surface area contributed by atoms with Gasteiger partial charge in [0.1, 0.15) is 0 Å². The predicted octanol–water partition coefficient (Wildman–Crippen LogP) is 3.49. The number of hydrogen-bond donors (Lipinski definition) is 0. The molecule has 92 valence electrons. The number of rotatable bonds is 4. The molecule has 0 bridgehead atoms. The first-order valence-corrected chi connectivity index (χ1v) is 6.44. The van der Waals surface area contributed by atoms with E-state index in [-0.39, 0.29) is 11.5 Å². The van der Waals surface area contributed by atoms with E-state index >= 15 is 0 Å². The molecule has 1 rings (SSSR count). The molecule has 0 aliphatic carbocycles. The molecule has 0 fully saturated rings. The molecule has 0 N–H and O–H groups in total. The lowest BCUT2D eigenvalue weighted by atomic mass is 10.1. The van der Waals surface area contributed by atoms with Gasteiger partial charge in [0, 0.05) is 24.7 Å². The molecule has 0 heterocycles. The maximum absolute atomic E-state index is 10.6. The molecule has 0 unspecified atom stereocenters. The van der Waals surface area contributed by atoms with Crippen LogP contribution in [0.25, 0.3) is 5.57 Å². The van der Waals surface area contributed by atoms with Gasteiger partial charge in [-0.1, -0.05) is 12.1 Å². The molecule has 0 saturated heterocycles. The van der Waals surface area contributed by atoms with Crippen LogP contribution in [0, 0.1) is 10.1 Å². The Kier molecular flexibility index (Phi) is 5.14. The minimum atomic E-state index is -0.349. The van der Waals surface area contributed by atoms with Crippen LogP contribution in [0.3, 0.4) is 0 Å². The molecule has 0 saturated carbocycles. The van der Waals surface area contributed by atoms with Crippen LogP contribution >= 0.6 is 31.9 Å². The lowest BCUT2D eigenvalue weighted by Crippen LogP contribution is -2.08. The summed E-state index contributed by atoms with van der Waals surface area (Å²) >= 11 is 6.47. The van der Waals surface area contributed by atoms with Crippen molar-refractivity contribution in [2.24, 2.45) is 0 Å². The van der Waals surface area contributed by atoms with Gasteiger partial charge in [-0.25, -0.2) is 0 Å². The Balaban J connectivity index is 3.05. The van der Waals surface area contributed by atoms with Crippen molar-refractivity contribution in [3.05, 3.63) is 43.3 Å². The van der Waals surface area contributed by atoms with E-state index in [1.165, 1.54) is 0 Å². The molecule has 4 nitrogen and oxygen atoms in total. The number of nitro groups is 1. The van der Waals surface area contributed by atoms with Crippen molar-refractivity contribution in [1.29, 1.82) is 0 Å². The van der Waals surface area contributed by atoms with Gasteiger partial charge in [0.05, 0.1) is 8.96 Å². The van der Waals surface area contributed by atoms with Gasteiger partial charge in [0.25, 0.3) is 0 Å². The maximum Gasteiger partial charge on any atom is 0.231 e. The third-order valence-corrected chi connectivity index (χ3v) is 3.20. The van der Waals surface area contributed by atoms with E-state index in [2.05, 4.69) is 31.9 Å². The maximum atomic E-state index is 10.6. The fourth-order valence-corrected chi connectivity index (χ4v) is 2.06. The van der Waals surface area contributed by atoms with Gasteiger partial charge in [-0.15, -0.1) is 0 Å². The molecular formula is C11H12Br2N2O2. The van der Waals surface area contributed by atoms with Crippen molar-refractivity contribution in [1.82, 2.24) is 0 Å². The van der Waals surface area contributed by atoms with Crippen molar-refractivity contribution in [3.63, 3.8) is 0 Å². The second kappa shape index (κ2) is 6.16. The molecule has 6 heteroatoms. The number of halogens is 2. The standard InChI is InChI=1S/C11H12Br2N2O2/c1-14(2)9-5-3-8(4-6-9)10(11(12)13)7-15(16)17/h3-6H,7H2,1-2H3. The quantitative estimate of drug-likeness (QED) is 0.607. The Hall–Kier alpha value is -0.880. The van der Waals surface area contributed by atoms with E-state index in [4.69, 9.17) is 0 Å². The van der Waals surface area contributed by atoms with Gasteiger partial charge >= 0.3 is 0 Å². The monoisotopic (exact) mass is 362 g/mol. The Morgan fingerprint density at radius 3 is 2.18 bits per heavy atom. The second-order valence-electron chi connectivity index (χ2n) is 3.67. The average molecular weight is 364 g/mol. The molecule has 0 amide bonds. The zero-order valence-corrected chi connectivity index (χ0v) is 12.7. The summed E-state index contributed by atoms with van der Waals surface area (Å²) in [6.07, 6.45) is 0. The molecule has 0 spiro atoms. The highest BCUT2D eigenvalue weighted by molar-refractivity contribution is 9.28. The van der Waals surface area contributed by atoms with Gasteiger partial charge in [-0.05, 0) is 49.6 Å². The minimum Gasteiger partial charge on any atom is -0.378 e. The highest BCUT2D eigenvalue weighted by atomic mass is 79.9. The highest BCUT2D eigenvalue weighted by Gasteiger charge is 2.12. The van der Waals surface area contributed by atoms with Crippen molar-refractivity contribution in [2.75, 3.05) is 25.5 Å². The first kappa shape index (κ1) is 14.2. The first-order chi connectivity index (χ1) is 7.91. The number of nitrogens with zero attached hydrogens (tertiary/aromatic N) is 2. The van der Waals surface area contributed by atoms with Crippen molar-refractivity contribution >= 4 is 43.1 Å². The summed E-state index contributed by atoms with van der Waals surface area (Å²) in [5.74, 6) is 0. The minimum absolute atomic E-state index is 0.215. The molecular weight excluding hydrogens is 352 g/mol. The van der Waals surface area contributed by atoms with E-state index in [9.17, 15) is 10.1 Å². The van der Waals surface area contributed by atoms with Crippen LogP contribution in [-0.4, -0.2) is 25.6 Å². The lowest BCUT2D eigenvalue weighted by molar-refractivity contribution is -0.465. The third-order valence-electron chi connectivity index (χ3n) is 2.25. The van der Waals surface area contributed by atoms with E-state index in [0.717, 1.165) is 11.3 Å². The second-order valence-corrected chi connectivity index (χ2v) is 6.32. The van der Waals surface area contributed by atoms with Gasteiger partial charge in [-0.2, -0.15) is 0 Å². The van der Waals surface area contributed by atoms with E-state index in [0.29, 0.717) is 8.96 Å². The molecule has 17 heavy (non-hydrogen) atoms. The largest absolute Gasteiger partial charge is 0.378 e. The van der Waals surface area contributed by atoms with Crippen LogP contribution in [0.4, 0.5) is 5.69 Å². The Labute approximate surface area is 117 Å². The molecule has 0 radical (unpaired) electrons. The fraction of sp³-hybridized carbons (Fsp3) is 0.273. The van der Waals surface area contributed by atoms with Crippen LogP contribution in [0.15, 0.2) is 27.7 Å². The summed E-state index contributed by atoms with van der Waals surface area (Å²) in [6.45, 7) is -0.215. The average Bonchev–Trinajstić information content (AvgIpc) is 2.25. The molecule has 0 atom stereocenters. The van der Waals surface area contributed by atoms with Crippen LogP contribution in [-0.2, 0) is 0 Å². The number of anilines is 1. The Morgan fingerprint density at radius 2 is 1.82 bits per heavy atom. The molecule has 1 aromatic carbocycles. The zero-order valence-electron chi connectivity index (χ0n) is 9.48. The van der Waals surface area contributed by atoms with Gasteiger partial charge in [0.2, 0.25) is 6.54 Å². The van der Waals surface area contributed by atoms with Crippen LogP contribution in [0.5, 0.6) is 0 Å². The third kappa shape index (κ3) is 4.12. The first-order valence-electron chi connectivity index (χ1n) is 4.85. The van der Waals surface area contributed by atoms with Crippen molar-refractivity contribution < 1.29 is 4.92 Å². The van der Waals surface area contributed by atoms with E-state index < -0.39 is 0 Å². The topological polar surface area (TPSA) is 46.4 Å². The van der Waals surface area contributed by atoms with Crippen LogP contribution in [0.2, 0.25) is 0 Å². The summed E-state index contributed by atoms with van der Waals surface area (Å²) in [5, 5.41) is 10.6. The molecule has 0 aromatic heterocycles. The van der Waals surface area contributed by atoms with E-state index in [1.807, 2.05) is 43.3 Å². The Morgan fingerprint density at radius 1 is 1.29 bits per heavy atom. The van der Waals surface area contributed by atoms with E-state index in [1.54, 1.807) is 0 Å². The summed E-state index contributed by atoms with van der Waals surface area (Å²) in [5.41, 5.74) is 2.51. The van der Waals surface area contributed by atoms with Crippen molar-refractivity contribution in [2.45, 2.75) is 0 Å². The number of benzene rings is 1. The zero-order chi connectivity index (χ0) is 13.0. The number of hydrogen-bond acceptors (Lipinski definition) is 3. The molecule has 0 aliphatic rings. The molecule has 1 aromatic rings. The highest BCUT2D eigenvalue weighted by Crippen LogP contribution is 2.28. The SMILES string of the molecule is CN(C)c1ccc(C(C[N+](=O)[O-])=C(Br)Br)cc1. The van der Waals surface area contributed by atoms with Gasteiger partial charge in [0.15, 0.2) is 0 Å². The molecule has 0 aliphatic heterocycles. The Bertz CT molecular complexity index is 437. The fourth-order valence-electron chi connectivity index (χ4n) is 1.35. The summed E-state index contributed by atoms with van der Waals surface area (Å²) in [4.78, 5) is 12.2. The predicted molar refractivity (Wildman–Crippen MR) is 77.4 cm³/mol. The van der Waals surface area contributed by atoms with Crippen LogP contribution in [0.1, 0.15) is 5.56 Å². The summed E-state index contributed by atoms with van der Waals surface area (Å²) in [7, 11) is 3.90. The van der Waals surface area contributed by atoms with Gasteiger partial charge in [-0.3, -0.25) is 10.1 Å². The van der Waals surface area contributed by atoms with Crippen molar-refractivity contribution in [3.8, 4) is 0 Å². The lowest BCUT2D eigenvalue weighted by Gasteiger charge is -2.13. The van der Waals surface area contributed by atoms with Crippen LogP contribution < -0.4 is 4.90 Å². The summed E-state index contributed by atoms with van der Waals surface area (Å²) in [6, 6.07) is 7.60.